The van der Waals surface area contributed by atoms with E-state index >= 15 is 0 Å². The molecule has 0 spiro atoms. The lowest BCUT2D eigenvalue weighted by Gasteiger charge is -2.34. The predicted octanol–water partition coefficient (Wildman–Crippen LogP) is 1.12. The van der Waals surface area contributed by atoms with Gasteiger partial charge in [-0.05, 0) is 25.9 Å². The summed E-state index contributed by atoms with van der Waals surface area (Å²) in [6, 6.07) is 0. The molecule has 1 heterocycles. The highest BCUT2D eigenvalue weighted by molar-refractivity contribution is 5.61. The fraction of sp³-hybridized carbons (Fsp3) is 0.857. The van der Waals surface area contributed by atoms with Crippen LogP contribution in [0, 0.1) is 5.41 Å². The summed E-state index contributed by atoms with van der Waals surface area (Å²) in [5, 5.41) is 2.79. The van der Waals surface area contributed by atoms with Crippen molar-refractivity contribution >= 4 is 6.29 Å². The summed E-state index contributed by atoms with van der Waals surface area (Å²) in [5.41, 5.74) is -2.09. The normalized spacial score (nSPS) is 23.6. The van der Waals surface area contributed by atoms with Gasteiger partial charge in [-0.1, -0.05) is 0 Å². The van der Waals surface area contributed by atoms with E-state index < -0.39 is 11.6 Å². The van der Waals surface area contributed by atoms with E-state index in [4.69, 9.17) is 0 Å². The molecule has 1 saturated heterocycles. The quantitative estimate of drug-likeness (QED) is 0.614. The number of aldehydes is 1. The van der Waals surface area contributed by atoms with Gasteiger partial charge in [0.05, 0.1) is 0 Å². The highest BCUT2D eigenvalue weighted by Gasteiger charge is 2.54. The van der Waals surface area contributed by atoms with Crippen LogP contribution in [-0.2, 0) is 4.79 Å². The van der Waals surface area contributed by atoms with Crippen LogP contribution in [0.2, 0.25) is 0 Å². The second kappa shape index (κ2) is 3.05. The van der Waals surface area contributed by atoms with E-state index in [2.05, 4.69) is 5.32 Å². The zero-order valence-corrected chi connectivity index (χ0v) is 6.45. The number of nitrogens with one attached hydrogen (secondary N) is 1. The Kier molecular flexibility index (Phi) is 2.41. The van der Waals surface area contributed by atoms with E-state index in [0.717, 1.165) is 0 Å². The van der Waals surface area contributed by atoms with E-state index in [-0.39, 0.29) is 32.2 Å². The van der Waals surface area contributed by atoms with Gasteiger partial charge in [-0.2, -0.15) is 13.2 Å². The molecule has 0 saturated carbocycles. The van der Waals surface area contributed by atoms with Crippen molar-refractivity contribution in [2.45, 2.75) is 19.0 Å². The van der Waals surface area contributed by atoms with Crippen LogP contribution < -0.4 is 5.32 Å². The van der Waals surface area contributed by atoms with Gasteiger partial charge >= 0.3 is 6.18 Å². The van der Waals surface area contributed by atoms with Gasteiger partial charge in [-0.3, -0.25) is 0 Å². The van der Waals surface area contributed by atoms with Gasteiger partial charge in [0.1, 0.15) is 11.7 Å². The first-order valence-corrected chi connectivity index (χ1v) is 3.76. The van der Waals surface area contributed by atoms with Crippen molar-refractivity contribution in [3.63, 3.8) is 0 Å². The van der Waals surface area contributed by atoms with E-state index in [1.54, 1.807) is 0 Å². The summed E-state index contributed by atoms with van der Waals surface area (Å²) in [7, 11) is 0. The number of hydrogen-bond donors (Lipinski definition) is 1. The third-order valence-electron chi connectivity index (χ3n) is 2.29. The monoisotopic (exact) mass is 181 g/mol. The van der Waals surface area contributed by atoms with Crippen molar-refractivity contribution in [1.29, 1.82) is 0 Å². The maximum Gasteiger partial charge on any atom is 0.401 e. The first kappa shape index (κ1) is 9.51. The van der Waals surface area contributed by atoms with Crippen LogP contribution in [0.5, 0.6) is 0 Å². The summed E-state index contributed by atoms with van der Waals surface area (Å²) >= 11 is 0. The lowest BCUT2D eigenvalue weighted by Crippen LogP contribution is -2.47. The Labute approximate surface area is 68.1 Å². The lowest BCUT2D eigenvalue weighted by molar-refractivity contribution is -0.220. The number of carbonyl (C=O) groups excluding carboxylic acids is 1. The van der Waals surface area contributed by atoms with Crippen molar-refractivity contribution in [2.24, 2.45) is 5.41 Å². The Balaban J connectivity index is 2.80. The minimum Gasteiger partial charge on any atom is -0.317 e. The number of halogens is 3. The number of alkyl halides is 3. The lowest BCUT2D eigenvalue weighted by atomic mass is 9.80. The van der Waals surface area contributed by atoms with Crippen LogP contribution in [-0.4, -0.2) is 25.6 Å². The topological polar surface area (TPSA) is 29.1 Å². The Morgan fingerprint density at radius 2 is 1.75 bits per heavy atom. The minimum absolute atomic E-state index is 0.0494. The van der Waals surface area contributed by atoms with Gasteiger partial charge < -0.3 is 10.1 Å². The number of rotatable bonds is 1. The number of piperidine rings is 1. The zero-order chi connectivity index (χ0) is 9.24. The van der Waals surface area contributed by atoms with E-state index in [1.807, 2.05) is 0 Å². The summed E-state index contributed by atoms with van der Waals surface area (Å²) in [6.07, 6.45) is -4.62. The predicted molar refractivity (Wildman–Crippen MR) is 36.7 cm³/mol. The van der Waals surface area contributed by atoms with Crippen molar-refractivity contribution in [2.75, 3.05) is 13.1 Å². The Morgan fingerprint density at radius 3 is 2.00 bits per heavy atom. The fourth-order valence-corrected chi connectivity index (χ4v) is 1.34. The molecule has 12 heavy (non-hydrogen) atoms. The van der Waals surface area contributed by atoms with Crippen LogP contribution in [0.3, 0.4) is 0 Å². The summed E-state index contributed by atoms with van der Waals surface area (Å²) in [4.78, 5) is 10.4. The molecule has 1 aliphatic heterocycles. The molecule has 0 atom stereocenters. The zero-order valence-electron chi connectivity index (χ0n) is 6.45. The van der Waals surface area contributed by atoms with Gasteiger partial charge in [0.2, 0.25) is 0 Å². The number of hydrogen-bond acceptors (Lipinski definition) is 2. The highest BCUT2D eigenvalue weighted by Crippen LogP contribution is 2.43. The Morgan fingerprint density at radius 1 is 1.25 bits per heavy atom. The van der Waals surface area contributed by atoms with Crippen molar-refractivity contribution in [3.05, 3.63) is 0 Å². The molecule has 2 nitrogen and oxygen atoms in total. The van der Waals surface area contributed by atoms with E-state index in [1.165, 1.54) is 0 Å². The Bertz CT molecular complexity index is 172. The van der Waals surface area contributed by atoms with Crippen LogP contribution in [0.25, 0.3) is 0 Å². The molecule has 1 fully saturated rings. The van der Waals surface area contributed by atoms with Crippen molar-refractivity contribution in [3.8, 4) is 0 Å². The molecule has 0 aromatic heterocycles. The van der Waals surface area contributed by atoms with Gasteiger partial charge in [-0.25, -0.2) is 0 Å². The van der Waals surface area contributed by atoms with Crippen LogP contribution in [0.1, 0.15) is 12.8 Å². The SMILES string of the molecule is O=CC1(C(F)(F)F)CCNCC1. The molecular formula is C7H10F3NO. The van der Waals surface area contributed by atoms with E-state index in [9.17, 15) is 18.0 Å². The van der Waals surface area contributed by atoms with Crippen molar-refractivity contribution in [1.82, 2.24) is 5.32 Å². The van der Waals surface area contributed by atoms with E-state index in [0.29, 0.717) is 0 Å². The smallest absolute Gasteiger partial charge is 0.317 e. The third-order valence-corrected chi connectivity index (χ3v) is 2.29. The van der Waals surface area contributed by atoms with Crippen LogP contribution >= 0.6 is 0 Å². The van der Waals surface area contributed by atoms with Crippen molar-refractivity contribution < 1.29 is 18.0 Å². The second-order valence-electron chi connectivity index (χ2n) is 3.02. The van der Waals surface area contributed by atoms with Gasteiger partial charge in [0.15, 0.2) is 0 Å². The molecule has 0 aliphatic carbocycles. The molecule has 0 aromatic rings. The molecule has 1 rings (SSSR count). The molecule has 0 bridgehead atoms. The third kappa shape index (κ3) is 1.46. The molecule has 5 heteroatoms. The summed E-state index contributed by atoms with van der Waals surface area (Å²) in [6.45, 7) is 0.524. The van der Waals surface area contributed by atoms with Crippen LogP contribution in [0.4, 0.5) is 13.2 Å². The highest BCUT2D eigenvalue weighted by atomic mass is 19.4. The molecule has 1 aliphatic rings. The molecular weight excluding hydrogens is 171 g/mol. The first-order chi connectivity index (χ1) is 5.52. The standard InChI is InChI=1S/C7H10F3NO/c8-7(9,10)6(5-12)1-3-11-4-2-6/h5,11H,1-4H2. The summed E-state index contributed by atoms with van der Waals surface area (Å²) < 4.78 is 37.0. The maximum absolute atomic E-state index is 12.3. The maximum atomic E-state index is 12.3. The molecule has 0 radical (unpaired) electrons. The minimum atomic E-state index is -4.39. The molecule has 1 N–H and O–H groups in total. The molecule has 0 unspecified atom stereocenters. The average Bonchev–Trinajstić information content (AvgIpc) is 2.04. The van der Waals surface area contributed by atoms with Gasteiger partial charge in [0.25, 0.3) is 0 Å². The van der Waals surface area contributed by atoms with Crippen LogP contribution in [0.15, 0.2) is 0 Å². The largest absolute Gasteiger partial charge is 0.401 e. The average molecular weight is 181 g/mol. The second-order valence-corrected chi connectivity index (χ2v) is 3.02. The number of carbonyl (C=O) groups is 1. The van der Waals surface area contributed by atoms with Gasteiger partial charge in [0, 0.05) is 0 Å². The fourth-order valence-electron chi connectivity index (χ4n) is 1.34. The first-order valence-electron chi connectivity index (χ1n) is 3.76. The van der Waals surface area contributed by atoms with Gasteiger partial charge in [-0.15, -0.1) is 0 Å². The molecule has 70 valence electrons. The Hall–Kier alpha value is -0.580. The summed E-state index contributed by atoms with van der Waals surface area (Å²) in [5.74, 6) is 0. The molecule has 0 aromatic carbocycles. The molecule has 0 amide bonds.